The fourth-order valence-corrected chi connectivity index (χ4v) is 2.86. The van der Waals surface area contributed by atoms with E-state index in [-0.39, 0.29) is 17.9 Å². The predicted octanol–water partition coefficient (Wildman–Crippen LogP) is 3.80. The highest BCUT2D eigenvalue weighted by atomic mass is 19.4. The SMILES string of the molecule is O=c1c2cc(-c3ccc(OC(F)(F)F)cc3)ccc2ncn1Cc1ncccn1. The van der Waals surface area contributed by atoms with Crippen molar-refractivity contribution in [2.45, 2.75) is 12.9 Å². The van der Waals surface area contributed by atoms with Gasteiger partial charge in [0, 0.05) is 12.4 Å². The number of hydrogen-bond acceptors (Lipinski definition) is 5. The summed E-state index contributed by atoms with van der Waals surface area (Å²) in [6, 6.07) is 12.2. The zero-order valence-corrected chi connectivity index (χ0v) is 14.8. The normalized spacial score (nSPS) is 11.6. The van der Waals surface area contributed by atoms with Crippen molar-refractivity contribution in [2.75, 3.05) is 0 Å². The van der Waals surface area contributed by atoms with Crippen LogP contribution in [-0.4, -0.2) is 25.9 Å². The molecule has 4 aromatic rings. The minimum atomic E-state index is -4.75. The molecule has 0 aliphatic carbocycles. The highest BCUT2D eigenvalue weighted by Crippen LogP contribution is 2.27. The van der Waals surface area contributed by atoms with Gasteiger partial charge in [-0.25, -0.2) is 15.0 Å². The van der Waals surface area contributed by atoms with Crippen molar-refractivity contribution in [3.05, 3.63) is 83.4 Å². The van der Waals surface area contributed by atoms with Gasteiger partial charge < -0.3 is 4.74 Å². The molecule has 2 heterocycles. The summed E-state index contributed by atoms with van der Waals surface area (Å²) >= 11 is 0. The summed E-state index contributed by atoms with van der Waals surface area (Å²) in [5.41, 5.74) is 1.56. The second-order valence-electron chi connectivity index (χ2n) is 6.15. The van der Waals surface area contributed by atoms with Crippen LogP contribution in [0.1, 0.15) is 5.82 Å². The second kappa shape index (κ2) is 7.34. The van der Waals surface area contributed by atoms with Gasteiger partial charge in [0.25, 0.3) is 5.56 Å². The molecule has 0 aliphatic heterocycles. The number of benzene rings is 2. The molecule has 0 amide bonds. The number of rotatable bonds is 4. The number of aromatic nitrogens is 4. The van der Waals surface area contributed by atoms with Crippen molar-refractivity contribution in [1.29, 1.82) is 0 Å². The summed E-state index contributed by atoms with van der Waals surface area (Å²) in [6.45, 7) is 0.177. The van der Waals surface area contributed by atoms with Crippen LogP contribution in [0.15, 0.2) is 72.0 Å². The van der Waals surface area contributed by atoms with Gasteiger partial charge in [0.1, 0.15) is 11.6 Å². The number of fused-ring (bicyclic) bond motifs is 1. The molecule has 0 fully saturated rings. The molecule has 0 aliphatic rings. The average Bonchev–Trinajstić information content (AvgIpc) is 2.70. The van der Waals surface area contributed by atoms with E-state index in [9.17, 15) is 18.0 Å². The molecule has 29 heavy (non-hydrogen) atoms. The number of nitrogens with zero attached hydrogens (tertiary/aromatic N) is 4. The Morgan fingerprint density at radius 2 is 1.62 bits per heavy atom. The largest absolute Gasteiger partial charge is 0.573 e. The lowest BCUT2D eigenvalue weighted by molar-refractivity contribution is -0.274. The minimum Gasteiger partial charge on any atom is -0.406 e. The fraction of sp³-hybridized carbons (Fsp3) is 0.100. The van der Waals surface area contributed by atoms with Crippen LogP contribution >= 0.6 is 0 Å². The summed E-state index contributed by atoms with van der Waals surface area (Å²) in [5, 5.41) is 0.386. The summed E-state index contributed by atoms with van der Waals surface area (Å²) in [5.74, 6) is 0.168. The number of alkyl halides is 3. The predicted molar refractivity (Wildman–Crippen MR) is 99.3 cm³/mol. The third-order valence-electron chi connectivity index (χ3n) is 4.18. The molecular formula is C20H13F3N4O2. The highest BCUT2D eigenvalue weighted by molar-refractivity contribution is 5.83. The van der Waals surface area contributed by atoms with Gasteiger partial charge in [0.15, 0.2) is 0 Å². The second-order valence-corrected chi connectivity index (χ2v) is 6.15. The minimum absolute atomic E-state index is 0.177. The maximum absolute atomic E-state index is 12.8. The molecule has 4 rings (SSSR count). The van der Waals surface area contributed by atoms with E-state index < -0.39 is 6.36 Å². The van der Waals surface area contributed by atoms with E-state index in [0.717, 1.165) is 0 Å². The third kappa shape index (κ3) is 4.23. The molecule has 146 valence electrons. The first-order valence-corrected chi connectivity index (χ1v) is 8.50. The summed E-state index contributed by atoms with van der Waals surface area (Å²) < 4.78 is 42.2. The topological polar surface area (TPSA) is 69.9 Å². The van der Waals surface area contributed by atoms with Crippen molar-refractivity contribution in [3.8, 4) is 16.9 Å². The van der Waals surface area contributed by atoms with E-state index in [1.54, 1.807) is 36.7 Å². The molecule has 6 nitrogen and oxygen atoms in total. The van der Waals surface area contributed by atoms with Crippen LogP contribution < -0.4 is 10.3 Å². The quantitative estimate of drug-likeness (QED) is 0.523. The molecule has 9 heteroatoms. The van der Waals surface area contributed by atoms with E-state index in [4.69, 9.17) is 0 Å². The first-order chi connectivity index (χ1) is 13.9. The maximum Gasteiger partial charge on any atom is 0.573 e. The van der Waals surface area contributed by atoms with E-state index in [1.807, 2.05) is 0 Å². The molecule has 0 spiro atoms. The van der Waals surface area contributed by atoms with Crippen molar-refractivity contribution in [1.82, 2.24) is 19.5 Å². The fourth-order valence-electron chi connectivity index (χ4n) is 2.86. The molecule has 0 radical (unpaired) electrons. The molecular weight excluding hydrogens is 385 g/mol. The zero-order chi connectivity index (χ0) is 20.4. The molecule has 0 unspecified atom stereocenters. The third-order valence-corrected chi connectivity index (χ3v) is 4.18. The van der Waals surface area contributed by atoms with Crippen LogP contribution in [0.25, 0.3) is 22.0 Å². The summed E-state index contributed by atoms with van der Waals surface area (Å²) in [7, 11) is 0. The van der Waals surface area contributed by atoms with Crippen molar-refractivity contribution >= 4 is 10.9 Å². The zero-order valence-electron chi connectivity index (χ0n) is 14.8. The number of hydrogen-bond donors (Lipinski definition) is 0. The van der Waals surface area contributed by atoms with Crippen LogP contribution in [0.3, 0.4) is 0 Å². The van der Waals surface area contributed by atoms with Gasteiger partial charge in [-0.15, -0.1) is 13.2 Å². The Morgan fingerprint density at radius 1 is 0.931 bits per heavy atom. The Morgan fingerprint density at radius 3 is 2.31 bits per heavy atom. The van der Waals surface area contributed by atoms with Gasteiger partial charge in [-0.2, -0.15) is 0 Å². The average molecular weight is 398 g/mol. The van der Waals surface area contributed by atoms with Crippen LogP contribution in [0, 0.1) is 0 Å². The van der Waals surface area contributed by atoms with Crippen LogP contribution in [0.4, 0.5) is 13.2 Å². The summed E-state index contributed by atoms with van der Waals surface area (Å²) in [6.07, 6.45) is -0.133. The Labute approximate surface area is 162 Å². The lowest BCUT2D eigenvalue weighted by Gasteiger charge is -2.10. The highest BCUT2D eigenvalue weighted by Gasteiger charge is 2.30. The lowest BCUT2D eigenvalue weighted by atomic mass is 10.0. The monoisotopic (exact) mass is 398 g/mol. The van der Waals surface area contributed by atoms with Crippen molar-refractivity contribution in [2.24, 2.45) is 0 Å². The standard InChI is InChI=1S/C20H13F3N4O2/c21-20(22,23)29-15-5-2-13(3-6-15)14-4-7-17-16(10-14)19(28)27(12-26-17)11-18-24-8-1-9-25-18/h1-10,12H,11H2. The Balaban J connectivity index is 1.68. The Kier molecular flexibility index (Phi) is 4.71. The molecule has 0 bridgehead atoms. The number of ether oxygens (including phenoxy) is 1. The molecule has 0 saturated heterocycles. The van der Waals surface area contributed by atoms with Crippen LogP contribution in [0.5, 0.6) is 5.75 Å². The van der Waals surface area contributed by atoms with Gasteiger partial charge in [0.05, 0.1) is 23.8 Å². The van der Waals surface area contributed by atoms with Crippen LogP contribution in [0.2, 0.25) is 0 Å². The van der Waals surface area contributed by atoms with Gasteiger partial charge >= 0.3 is 6.36 Å². The van der Waals surface area contributed by atoms with E-state index in [1.165, 1.54) is 35.2 Å². The van der Waals surface area contributed by atoms with Gasteiger partial charge in [-0.1, -0.05) is 18.2 Å². The van der Waals surface area contributed by atoms with E-state index in [2.05, 4.69) is 19.7 Å². The van der Waals surface area contributed by atoms with Gasteiger partial charge in [0.2, 0.25) is 0 Å². The number of halogens is 3. The van der Waals surface area contributed by atoms with E-state index >= 15 is 0 Å². The molecule has 0 N–H and O–H groups in total. The first kappa shape index (κ1) is 18.6. The van der Waals surface area contributed by atoms with Gasteiger partial charge in [-0.3, -0.25) is 9.36 Å². The van der Waals surface area contributed by atoms with Crippen molar-refractivity contribution in [3.63, 3.8) is 0 Å². The van der Waals surface area contributed by atoms with Crippen molar-refractivity contribution < 1.29 is 17.9 Å². The lowest BCUT2D eigenvalue weighted by Crippen LogP contribution is -2.22. The first-order valence-electron chi connectivity index (χ1n) is 8.50. The van der Waals surface area contributed by atoms with Gasteiger partial charge in [-0.05, 0) is 41.5 Å². The van der Waals surface area contributed by atoms with Crippen LogP contribution in [-0.2, 0) is 6.54 Å². The maximum atomic E-state index is 12.8. The smallest absolute Gasteiger partial charge is 0.406 e. The molecule has 0 atom stereocenters. The Bertz CT molecular complexity index is 1210. The summed E-state index contributed by atoms with van der Waals surface area (Å²) in [4.78, 5) is 25.3. The molecule has 2 aromatic carbocycles. The molecule has 0 saturated carbocycles. The van der Waals surface area contributed by atoms with E-state index in [0.29, 0.717) is 27.9 Å². The Hall–Kier alpha value is -3.75. The molecule has 2 aromatic heterocycles.